The zero-order chi connectivity index (χ0) is 9.68. The Kier molecular flexibility index (Phi) is 4.70. The van der Waals surface area contributed by atoms with E-state index in [1.807, 2.05) is 6.92 Å². The highest BCUT2D eigenvalue weighted by Gasteiger charge is 2.20. The van der Waals surface area contributed by atoms with Crippen LogP contribution < -0.4 is 5.32 Å². The van der Waals surface area contributed by atoms with E-state index in [2.05, 4.69) is 24.2 Å². The van der Waals surface area contributed by atoms with Gasteiger partial charge in [0.15, 0.2) is 0 Å². The Labute approximate surface area is 81.4 Å². The molecule has 0 saturated carbocycles. The van der Waals surface area contributed by atoms with Crippen LogP contribution in [0.25, 0.3) is 0 Å². The van der Waals surface area contributed by atoms with Crippen LogP contribution in [0.5, 0.6) is 0 Å². The van der Waals surface area contributed by atoms with Crippen LogP contribution in [0.1, 0.15) is 20.3 Å². The maximum absolute atomic E-state index is 5.36. The molecule has 3 heteroatoms. The van der Waals surface area contributed by atoms with Crippen molar-refractivity contribution in [1.82, 2.24) is 10.2 Å². The molecular weight excluding hydrogens is 164 g/mol. The van der Waals surface area contributed by atoms with Crippen LogP contribution in [0.2, 0.25) is 0 Å². The summed E-state index contributed by atoms with van der Waals surface area (Å²) in [7, 11) is 2.18. The second kappa shape index (κ2) is 5.58. The lowest BCUT2D eigenvalue weighted by molar-refractivity contribution is 0.123. The van der Waals surface area contributed by atoms with Crippen molar-refractivity contribution < 1.29 is 4.74 Å². The molecular formula is C10H22N2O. The number of likely N-dealkylation sites (tertiary alicyclic amines) is 1. The number of nitrogens with one attached hydrogen (secondary N) is 1. The molecule has 1 heterocycles. The second-order valence-electron chi connectivity index (χ2n) is 3.98. The Morgan fingerprint density at radius 1 is 1.62 bits per heavy atom. The van der Waals surface area contributed by atoms with Crippen molar-refractivity contribution in [3.8, 4) is 0 Å². The Balaban J connectivity index is 2.09. The van der Waals surface area contributed by atoms with Gasteiger partial charge < -0.3 is 15.0 Å². The fraction of sp³-hybridized carbons (Fsp3) is 1.00. The number of rotatable bonds is 5. The zero-order valence-corrected chi connectivity index (χ0v) is 9.05. The molecule has 1 saturated heterocycles. The SMILES string of the molecule is CCOCC(C)NC1CCN(C)C1. The highest BCUT2D eigenvalue weighted by atomic mass is 16.5. The highest BCUT2D eigenvalue weighted by Crippen LogP contribution is 2.06. The van der Waals surface area contributed by atoms with Crippen LogP contribution in [-0.2, 0) is 4.74 Å². The molecule has 0 spiro atoms. The summed E-state index contributed by atoms with van der Waals surface area (Å²) in [6.07, 6.45) is 1.27. The predicted molar refractivity (Wildman–Crippen MR) is 55.0 cm³/mol. The lowest BCUT2D eigenvalue weighted by atomic mass is 10.2. The molecule has 1 rings (SSSR count). The Bertz CT molecular complexity index is 141. The molecule has 1 aliphatic rings. The van der Waals surface area contributed by atoms with Gasteiger partial charge in [-0.1, -0.05) is 0 Å². The topological polar surface area (TPSA) is 24.5 Å². The van der Waals surface area contributed by atoms with Gasteiger partial charge in [0.1, 0.15) is 0 Å². The van der Waals surface area contributed by atoms with Crippen LogP contribution in [0.4, 0.5) is 0 Å². The monoisotopic (exact) mass is 186 g/mol. The van der Waals surface area contributed by atoms with Crippen LogP contribution >= 0.6 is 0 Å². The standard InChI is InChI=1S/C10H22N2O/c1-4-13-8-9(2)11-10-5-6-12(3)7-10/h9-11H,4-8H2,1-3H3. The number of likely N-dealkylation sites (N-methyl/N-ethyl adjacent to an activating group) is 1. The van der Waals surface area contributed by atoms with Gasteiger partial charge in [0.2, 0.25) is 0 Å². The maximum Gasteiger partial charge on any atom is 0.0616 e. The molecule has 13 heavy (non-hydrogen) atoms. The minimum atomic E-state index is 0.483. The predicted octanol–water partition coefficient (Wildman–Crippen LogP) is 0.705. The first-order valence-electron chi connectivity index (χ1n) is 5.24. The van der Waals surface area contributed by atoms with Gasteiger partial charge in [0.25, 0.3) is 0 Å². The zero-order valence-electron chi connectivity index (χ0n) is 9.05. The van der Waals surface area contributed by atoms with Crippen LogP contribution in [0.15, 0.2) is 0 Å². The Morgan fingerprint density at radius 2 is 2.38 bits per heavy atom. The van der Waals surface area contributed by atoms with Gasteiger partial charge in [0, 0.05) is 25.2 Å². The Hall–Kier alpha value is -0.120. The summed E-state index contributed by atoms with van der Waals surface area (Å²) >= 11 is 0. The fourth-order valence-corrected chi connectivity index (χ4v) is 1.82. The summed E-state index contributed by atoms with van der Waals surface area (Å²) in [5.74, 6) is 0. The van der Waals surface area contributed by atoms with Gasteiger partial charge in [-0.2, -0.15) is 0 Å². The fourth-order valence-electron chi connectivity index (χ4n) is 1.82. The van der Waals surface area contributed by atoms with Crippen molar-refractivity contribution in [1.29, 1.82) is 0 Å². The van der Waals surface area contributed by atoms with Gasteiger partial charge >= 0.3 is 0 Å². The van der Waals surface area contributed by atoms with Crippen LogP contribution in [0, 0.1) is 0 Å². The summed E-state index contributed by atoms with van der Waals surface area (Å²) in [6, 6.07) is 1.15. The van der Waals surface area contributed by atoms with Gasteiger partial charge in [-0.3, -0.25) is 0 Å². The van der Waals surface area contributed by atoms with Crippen molar-refractivity contribution >= 4 is 0 Å². The molecule has 1 N–H and O–H groups in total. The lowest BCUT2D eigenvalue weighted by Crippen LogP contribution is -2.40. The van der Waals surface area contributed by atoms with Gasteiger partial charge in [-0.25, -0.2) is 0 Å². The summed E-state index contributed by atoms with van der Waals surface area (Å²) in [6.45, 7) is 8.27. The number of hydrogen-bond acceptors (Lipinski definition) is 3. The molecule has 0 amide bonds. The molecule has 0 aliphatic carbocycles. The molecule has 0 radical (unpaired) electrons. The molecule has 0 aromatic rings. The molecule has 2 atom stereocenters. The van der Waals surface area contributed by atoms with Crippen molar-refractivity contribution in [3.63, 3.8) is 0 Å². The summed E-state index contributed by atoms with van der Waals surface area (Å²) in [4.78, 5) is 2.37. The quantitative estimate of drug-likeness (QED) is 0.684. The van der Waals surface area contributed by atoms with E-state index in [1.54, 1.807) is 0 Å². The first-order valence-corrected chi connectivity index (χ1v) is 5.24. The molecule has 0 bridgehead atoms. The molecule has 0 aromatic heterocycles. The van der Waals surface area contributed by atoms with Gasteiger partial charge in [-0.15, -0.1) is 0 Å². The average Bonchev–Trinajstić information content (AvgIpc) is 2.48. The van der Waals surface area contributed by atoms with E-state index >= 15 is 0 Å². The third-order valence-electron chi connectivity index (χ3n) is 2.48. The number of hydrogen-bond donors (Lipinski definition) is 1. The van der Waals surface area contributed by atoms with Crippen LogP contribution in [0.3, 0.4) is 0 Å². The van der Waals surface area contributed by atoms with Crippen molar-refractivity contribution in [2.45, 2.75) is 32.4 Å². The van der Waals surface area contributed by atoms with Gasteiger partial charge in [0.05, 0.1) is 6.61 Å². The third kappa shape index (κ3) is 4.07. The van der Waals surface area contributed by atoms with Gasteiger partial charge in [-0.05, 0) is 33.9 Å². The minimum absolute atomic E-state index is 0.483. The van der Waals surface area contributed by atoms with E-state index in [4.69, 9.17) is 4.74 Å². The molecule has 2 unspecified atom stereocenters. The maximum atomic E-state index is 5.36. The second-order valence-corrected chi connectivity index (χ2v) is 3.98. The van der Waals surface area contributed by atoms with Crippen LogP contribution in [-0.4, -0.2) is 50.3 Å². The van der Waals surface area contributed by atoms with Crippen molar-refractivity contribution in [2.75, 3.05) is 33.4 Å². The largest absolute Gasteiger partial charge is 0.380 e. The normalized spacial score (nSPS) is 26.5. The molecule has 0 aromatic carbocycles. The summed E-state index contributed by atoms with van der Waals surface area (Å²) in [5.41, 5.74) is 0. The number of ether oxygens (including phenoxy) is 1. The van der Waals surface area contributed by atoms with E-state index in [-0.39, 0.29) is 0 Å². The van der Waals surface area contributed by atoms with E-state index < -0.39 is 0 Å². The van der Waals surface area contributed by atoms with Crippen molar-refractivity contribution in [3.05, 3.63) is 0 Å². The highest BCUT2D eigenvalue weighted by molar-refractivity contribution is 4.80. The molecule has 78 valence electrons. The minimum Gasteiger partial charge on any atom is -0.380 e. The van der Waals surface area contributed by atoms with E-state index in [0.717, 1.165) is 13.2 Å². The lowest BCUT2D eigenvalue weighted by Gasteiger charge is -2.19. The summed E-state index contributed by atoms with van der Waals surface area (Å²) in [5, 5.41) is 3.58. The Morgan fingerprint density at radius 3 is 2.92 bits per heavy atom. The smallest absolute Gasteiger partial charge is 0.0616 e. The van der Waals surface area contributed by atoms with E-state index in [0.29, 0.717) is 12.1 Å². The third-order valence-corrected chi connectivity index (χ3v) is 2.48. The first kappa shape index (κ1) is 11.0. The first-order chi connectivity index (χ1) is 6.22. The number of nitrogens with zero attached hydrogens (tertiary/aromatic N) is 1. The summed E-state index contributed by atoms with van der Waals surface area (Å²) < 4.78 is 5.36. The van der Waals surface area contributed by atoms with E-state index in [9.17, 15) is 0 Å². The molecule has 3 nitrogen and oxygen atoms in total. The molecule has 1 fully saturated rings. The van der Waals surface area contributed by atoms with E-state index in [1.165, 1.54) is 19.5 Å². The average molecular weight is 186 g/mol. The van der Waals surface area contributed by atoms with Crippen molar-refractivity contribution in [2.24, 2.45) is 0 Å². The molecule has 1 aliphatic heterocycles.